The Morgan fingerprint density at radius 2 is 1.90 bits per heavy atom. The molecule has 0 heterocycles. The maximum atomic E-state index is 5.51. The van der Waals surface area contributed by atoms with Gasteiger partial charge in [0.2, 0.25) is 0 Å². The highest BCUT2D eigenvalue weighted by molar-refractivity contribution is 9.09. The van der Waals surface area contributed by atoms with Gasteiger partial charge in [0.05, 0.1) is 6.10 Å². The minimum Gasteiger partial charge on any atom is -0.378 e. The largest absolute Gasteiger partial charge is 0.378 e. The molecular formula is C8H17BrO. The second-order valence-corrected chi connectivity index (χ2v) is 3.66. The molecule has 0 fully saturated rings. The number of halogens is 1. The van der Waals surface area contributed by atoms with E-state index in [1.165, 1.54) is 0 Å². The van der Waals surface area contributed by atoms with Crippen LogP contribution in [0, 0.1) is 5.92 Å². The molecule has 0 rings (SSSR count). The highest BCUT2D eigenvalue weighted by atomic mass is 79.9. The molecule has 0 bridgehead atoms. The summed E-state index contributed by atoms with van der Waals surface area (Å²) in [7, 11) is 0. The molecule has 0 amide bonds. The fourth-order valence-electron chi connectivity index (χ4n) is 0.516. The van der Waals surface area contributed by atoms with Crippen molar-refractivity contribution in [3.05, 3.63) is 0 Å². The van der Waals surface area contributed by atoms with Crippen LogP contribution in [0.5, 0.6) is 0 Å². The van der Waals surface area contributed by atoms with Crippen LogP contribution in [0.15, 0.2) is 0 Å². The lowest BCUT2D eigenvalue weighted by Crippen LogP contribution is -2.16. The highest BCUT2D eigenvalue weighted by Gasteiger charge is 2.05. The molecule has 0 radical (unpaired) electrons. The molecule has 1 nitrogen and oxygen atoms in total. The molecule has 0 spiro atoms. The van der Waals surface area contributed by atoms with Crippen molar-refractivity contribution in [1.82, 2.24) is 0 Å². The Morgan fingerprint density at radius 3 is 2.30 bits per heavy atom. The fraction of sp³-hybridized carbons (Fsp3) is 1.00. The van der Waals surface area contributed by atoms with Crippen LogP contribution in [0.25, 0.3) is 0 Å². The zero-order valence-corrected chi connectivity index (χ0v) is 8.65. The normalized spacial score (nSPS) is 14.1. The molecule has 0 aliphatic rings. The zero-order chi connectivity index (χ0) is 7.98. The van der Waals surface area contributed by atoms with Gasteiger partial charge in [-0.05, 0) is 19.3 Å². The van der Waals surface area contributed by atoms with Crippen molar-refractivity contribution >= 4 is 15.9 Å². The van der Waals surface area contributed by atoms with Crippen LogP contribution in [-0.4, -0.2) is 18.0 Å². The van der Waals surface area contributed by atoms with E-state index in [9.17, 15) is 0 Å². The number of hydrogen-bond donors (Lipinski definition) is 0. The minimum absolute atomic E-state index is 0.402. The van der Waals surface area contributed by atoms with E-state index in [-0.39, 0.29) is 0 Å². The fourth-order valence-corrected chi connectivity index (χ4v) is 0.745. The van der Waals surface area contributed by atoms with Crippen LogP contribution in [0.2, 0.25) is 0 Å². The molecule has 0 aliphatic heterocycles. The second kappa shape index (κ2) is 6.17. The van der Waals surface area contributed by atoms with Crippen LogP contribution in [0.1, 0.15) is 27.2 Å². The summed E-state index contributed by atoms with van der Waals surface area (Å²) in [5.74, 6) is 0.635. The van der Waals surface area contributed by atoms with Crippen LogP contribution >= 0.6 is 15.9 Å². The first-order valence-electron chi connectivity index (χ1n) is 3.86. The number of rotatable bonds is 5. The lowest BCUT2D eigenvalue weighted by Gasteiger charge is -2.15. The van der Waals surface area contributed by atoms with E-state index in [1.54, 1.807) is 0 Å². The van der Waals surface area contributed by atoms with E-state index in [2.05, 4.69) is 36.7 Å². The summed E-state index contributed by atoms with van der Waals surface area (Å²) < 4.78 is 5.51. The predicted octanol–water partition coefficient (Wildman–Crippen LogP) is 2.83. The molecule has 0 aromatic heterocycles. The Morgan fingerprint density at radius 1 is 1.30 bits per heavy atom. The van der Waals surface area contributed by atoms with Gasteiger partial charge in [0.15, 0.2) is 0 Å². The maximum absolute atomic E-state index is 5.51. The first kappa shape index (κ1) is 10.4. The molecule has 1 unspecified atom stereocenters. The van der Waals surface area contributed by atoms with E-state index in [1.807, 2.05) is 0 Å². The van der Waals surface area contributed by atoms with Gasteiger partial charge in [-0.25, -0.2) is 0 Å². The van der Waals surface area contributed by atoms with Gasteiger partial charge < -0.3 is 4.74 Å². The molecular weight excluding hydrogens is 192 g/mol. The predicted molar refractivity (Wildman–Crippen MR) is 48.7 cm³/mol. The SMILES string of the molecule is CC(C)C(C)OCCCBr. The van der Waals surface area contributed by atoms with Gasteiger partial charge in [-0.1, -0.05) is 29.8 Å². The van der Waals surface area contributed by atoms with Crippen molar-refractivity contribution in [3.8, 4) is 0 Å². The second-order valence-electron chi connectivity index (χ2n) is 2.86. The molecule has 0 aromatic rings. The molecule has 0 N–H and O–H groups in total. The third kappa shape index (κ3) is 5.24. The molecule has 0 aromatic carbocycles. The van der Waals surface area contributed by atoms with Crippen LogP contribution in [-0.2, 0) is 4.74 Å². The Kier molecular flexibility index (Phi) is 6.44. The van der Waals surface area contributed by atoms with E-state index in [0.717, 1.165) is 18.4 Å². The molecule has 62 valence electrons. The van der Waals surface area contributed by atoms with E-state index < -0.39 is 0 Å². The summed E-state index contributed by atoms with van der Waals surface area (Å²) in [4.78, 5) is 0. The summed E-state index contributed by atoms with van der Waals surface area (Å²) in [6, 6.07) is 0. The van der Waals surface area contributed by atoms with Gasteiger partial charge in [0, 0.05) is 11.9 Å². The first-order chi connectivity index (χ1) is 4.68. The summed E-state index contributed by atoms with van der Waals surface area (Å²) in [5.41, 5.74) is 0. The van der Waals surface area contributed by atoms with E-state index in [0.29, 0.717) is 12.0 Å². The number of hydrogen-bond acceptors (Lipinski definition) is 1. The van der Waals surface area contributed by atoms with Crippen LogP contribution in [0.3, 0.4) is 0 Å². The van der Waals surface area contributed by atoms with E-state index in [4.69, 9.17) is 4.74 Å². The molecule has 0 aliphatic carbocycles. The zero-order valence-electron chi connectivity index (χ0n) is 7.06. The van der Waals surface area contributed by atoms with Crippen molar-refractivity contribution in [1.29, 1.82) is 0 Å². The third-order valence-corrected chi connectivity index (χ3v) is 2.16. The monoisotopic (exact) mass is 208 g/mol. The molecule has 1 atom stereocenters. The van der Waals surface area contributed by atoms with Gasteiger partial charge >= 0.3 is 0 Å². The topological polar surface area (TPSA) is 9.23 Å². The summed E-state index contributed by atoms with van der Waals surface area (Å²) >= 11 is 3.36. The van der Waals surface area contributed by atoms with Gasteiger partial charge in [-0.3, -0.25) is 0 Å². The Bertz CT molecular complexity index is 73.7. The smallest absolute Gasteiger partial charge is 0.0569 e. The average molecular weight is 209 g/mol. The summed E-state index contributed by atoms with van der Waals surface area (Å²) in [5, 5.41) is 1.04. The number of alkyl halides is 1. The lowest BCUT2D eigenvalue weighted by molar-refractivity contribution is 0.0365. The molecule has 2 heteroatoms. The van der Waals surface area contributed by atoms with Crippen molar-refractivity contribution in [2.45, 2.75) is 33.3 Å². The summed E-state index contributed by atoms with van der Waals surface area (Å²) in [6.45, 7) is 7.36. The number of ether oxygens (including phenoxy) is 1. The molecule has 0 saturated heterocycles. The van der Waals surface area contributed by atoms with Crippen LogP contribution in [0.4, 0.5) is 0 Å². The summed E-state index contributed by atoms with van der Waals surface area (Å²) in [6.07, 6.45) is 1.51. The van der Waals surface area contributed by atoms with Gasteiger partial charge in [-0.15, -0.1) is 0 Å². The van der Waals surface area contributed by atoms with Crippen molar-refractivity contribution in [2.75, 3.05) is 11.9 Å². The van der Waals surface area contributed by atoms with Crippen molar-refractivity contribution < 1.29 is 4.74 Å². The Hall–Kier alpha value is 0.440. The highest BCUT2D eigenvalue weighted by Crippen LogP contribution is 2.05. The van der Waals surface area contributed by atoms with E-state index >= 15 is 0 Å². The van der Waals surface area contributed by atoms with Crippen LogP contribution < -0.4 is 0 Å². The Labute approximate surface area is 72.3 Å². The minimum atomic E-state index is 0.402. The van der Waals surface area contributed by atoms with Crippen molar-refractivity contribution in [3.63, 3.8) is 0 Å². The maximum Gasteiger partial charge on any atom is 0.0569 e. The lowest BCUT2D eigenvalue weighted by atomic mass is 10.1. The van der Waals surface area contributed by atoms with Gasteiger partial charge in [0.1, 0.15) is 0 Å². The molecule has 0 saturated carbocycles. The first-order valence-corrected chi connectivity index (χ1v) is 4.98. The Balaban J connectivity index is 3.13. The standard InChI is InChI=1S/C8H17BrO/c1-7(2)8(3)10-6-4-5-9/h7-8H,4-6H2,1-3H3. The quantitative estimate of drug-likeness (QED) is 0.499. The van der Waals surface area contributed by atoms with Gasteiger partial charge in [0.25, 0.3) is 0 Å². The van der Waals surface area contributed by atoms with Gasteiger partial charge in [-0.2, -0.15) is 0 Å². The van der Waals surface area contributed by atoms with Crippen molar-refractivity contribution in [2.24, 2.45) is 5.92 Å². The third-order valence-electron chi connectivity index (χ3n) is 1.60. The molecule has 10 heavy (non-hydrogen) atoms. The average Bonchev–Trinajstić information content (AvgIpc) is 1.88.